The lowest BCUT2D eigenvalue weighted by Gasteiger charge is -2.33. The molecule has 0 aliphatic carbocycles. The minimum Gasteiger partial charge on any atom is -0.479 e. The minimum atomic E-state index is -1.27. The molecule has 0 aromatic heterocycles. The first-order valence-corrected chi connectivity index (χ1v) is 7.57. The second kappa shape index (κ2) is 6.62. The first kappa shape index (κ1) is 16.0. The minimum absolute atomic E-state index is 0.0403. The van der Waals surface area contributed by atoms with E-state index in [9.17, 15) is 14.7 Å². The maximum Gasteiger partial charge on any atom is 0.332 e. The third kappa shape index (κ3) is 3.47. The largest absolute Gasteiger partial charge is 0.479 e. The van der Waals surface area contributed by atoms with E-state index in [-0.39, 0.29) is 18.7 Å². The summed E-state index contributed by atoms with van der Waals surface area (Å²) >= 11 is 0. The Labute approximate surface area is 125 Å². The van der Waals surface area contributed by atoms with Gasteiger partial charge in [0, 0.05) is 32.2 Å². The van der Waals surface area contributed by atoms with Crippen molar-refractivity contribution in [3.63, 3.8) is 0 Å². The summed E-state index contributed by atoms with van der Waals surface area (Å²) < 4.78 is 5.18. The van der Waals surface area contributed by atoms with E-state index in [1.54, 1.807) is 4.90 Å². The number of rotatable bonds is 3. The number of nitrogens with one attached hydrogen (secondary N) is 1. The van der Waals surface area contributed by atoms with Gasteiger partial charge in [-0.3, -0.25) is 0 Å². The Morgan fingerprint density at radius 3 is 2.76 bits per heavy atom. The van der Waals surface area contributed by atoms with Crippen molar-refractivity contribution in [3.05, 3.63) is 0 Å². The number of carboxylic acids is 1. The second-order valence-electron chi connectivity index (χ2n) is 5.99. The van der Waals surface area contributed by atoms with Gasteiger partial charge in [0.15, 0.2) is 5.54 Å². The third-order valence-electron chi connectivity index (χ3n) is 4.41. The van der Waals surface area contributed by atoms with Crippen LogP contribution in [-0.2, 0) is 9.53 Å². The molecule has 2 fully saturated rings. The van der Waals surface area contributed by atoms with Crippen LogP contribution in [0, 0.1) is 0 Å². The van der Waals surface area contributed by atoms with Gasteiger partial charge >= 0.3 is 12.0 Å². The van der Waals surface area contributed by atoms with Gasteiger partial charge in [0.1, 0.15) is 0 Å². The SMILES string of the molecule is CCC1CN(C)CCCN1C(=O)NC1(C(=O)O)CCOC1. The topological polar surface area (TPSA) is 82.1 Å². The van der Waals surface area contributed by atoms with Gasteiger partial charge in [-0.25, -0.2) is 9.59 Å². The smallest absolute Gasteiger partial charge is 0.332 e. The van der Waals surface area contributed by atoms with Crippen molar-refractivity contribution in [2.45, 2.75) is 37.8 Å². The molecule has 2 unspecified atom stereocenters. The monoisotopic (exact) mass is 299 g/mol. The highest BCUT2D eigenvalue weighted by molar-refractivity contribution is 5.87. The fraction of sp³-hybridized carbons (Fsp3) is 0.857. The van der Waals surface area contributed by atoms with Crippen molar-refractivity contribution >= 4 is 12.0 Å². The van der Waals surface area contributed by atoms with Crippen molar-refractivity contribution in [3.8, 4) is 0 Å². The van der Waals surface area contributed by atoms with Gasteiger partial charge in [0.2, 0.25) is 0 Å². The number of likely N-dealkylation sites (N-methyl/N-ethyl adjacent to an activating group) is 1. The first-order valence-electron chi connectivity index (χ1n) is 7.57. The summed E-state index contributed by atoms with van der Waals surface area (Å²) in [5, 5.41) is 12.1. The number of aliphatic carboxylic acids is 1. The summed E-state index contributed by atoms with van der Waals surface area (Å²) in [6.07, 6.45) is 2.07. The fourth-order valence-corrected chi connectivity index (χ4v) is 3.02. The molecule has 7 heteroatoms. The average Bonchev–Trinajstić information content (AvgIpc) is 2.82. The summed E-state index contributed by atoms with van der Waals surface area (Å²) in [5.41, 5.74) is -1.27. The molecular weight excluding hydrogens is 274 g/mol. The molecule has 0 aromatic rings. The molecule has 0 radical (unpaired) electrons. The quantitative estimate of drug-likeness (QED) is 0.786. The number of carboxylic acid groups (broad SMARTS) is 1. The van der Waals surface area contributed by atoms with E-state index in [1.165, 1.54) is 0 Å². The number of carbonyl (C=O) groups is 2. The van der Waals surface area contributed by atoms with Crippen LogP contribution < -0.4 is 5.32 Å². The summed E-state index contributed by atoms with van der Waals surface area (Å²) in [7, 11) is 2.05. The lowest BCUT2D eigenvalue weighted by Crippen LogP contribution is -2.60. The number of urea groups is 1. The van der Waals surface area contributed by atoms with Crippen LogP contribution in [-0.4, -0.2) is 78.4 Å². The zero-order valence-electron chi connectivity index (χ0n) is 12.8. The number of amides is 2. The van der Waals surface area contributed by atoms with E-state index in [0.717, 1.165) is 25.9 Å². The molecule has 2 heterocycles. The summed E-state index contributed by atoms with van der Waals surface area (Å²) in [6.45, 7) is 4.89. The zero-order valence-corrected chi connectivity index (χ0v) is 12.8. The number of hydrogen-bond acceptors (Lipinski definition) is 4. The summed E-state index contributed by atoms with van der Waals surface area (Å²) in [6, 6.07) is -0.171. The van der Waals surface area contributed by atoms with E-state index < -0.39 is 11.5 Å². The molecule has 0 bridgehead atoms. The lowest BCUT2D eigenvalue weighted by atomic mass is 9.99. The highest BCUT2D eigenvalue weighted by atomic mass is 16.5. The van der Waals surface area contributed by atoms with Gasteiger partial charge in [-0.1, -0.05) is 6.92 Å². The second-order valence-corrected chi connectivity index (χ2v) is 5.99. The van der Waals surface area contributed by atoms with Crippen LogP contribution in [0.15, 0.2) is 0 Å². The first-order chi connectivity index (χ1) is 9.98. The van der Waals surface area contributed by atoms with Gasteiger partial charge in [-0.05, 0) is 26.4 Å². The molecule has 21 heavy (non-hydrogen) atoms. The number of nitrogens with zero attached hydrogens (tertiary/aromatic N) is 2. The Morgan fingerprint density at radius 1 is 1.43 bits per heavy atom. The predicted octanol–water partition coefficient (Wildman–Crippen LogP) is 0.356. The maximum atomic E-state index is 12.6. The molecule has 2 aliphatic heterocycles. The summed E-state index contributed by atoms with van der Waals surface area (Å²) in [5.74, 6) is -1.02. The Hall–Kier alpha value is -1.34. The molecule has 2 atom stereocenters. The van der Waals surface area contributed by atoms with Gasteiger partial charge in [0.05, 0.1) is 6.61 Å². The predicted molar refractivity (Wildman–Crippen MR) is 77.2 cm³/mol. The van der Waals surface area contributed by atoms with Crippen LogP contribution >= 0.6 is 0 Å². The Balaban J connectivity index is 2.08. The van der Waals surface area contributed by atoms with Crippen LogP contribution in [0.3, 0.4) is 0 Å². The molecule has 0 spiro atoms. The third-order valence-corrected chi connectivity index (χ3v) is 4.41. The van der Waals surface area contributed by atoms with Crippen LogP contribution in [0.2, 0.25) is 0 Å². The fourth-order valence-electron chi connectivity index (χ4n) is 3.02. The van der Waals surface area contributed by atoms with E-state index in [2.05, 4.69) is 17.1 Å². The van der Waals surface area contributed by atoms with Gasteiger partial charge in [-0.2, -0.15) is 0 Å². The van der Waals surface area contributed by atoms with Crippen molar-refractivity contribution in [1.82, 2.24) is 15.1 Å². The summed E-state index contributed by atoms with van der Waals surface area (Å²) in [4.78, 5) is 28.1. The molecule has 2 rings (SSSR count). The molecule has 0 aromatic carbocycles. The highest BCUT2D eigenvalue weighted by Gasteiger charge is 2.45. The molecule has 7 nitrogen and oxygen atoms in total. The molecule has 2 aliphatic rings. The molecular formula is C14H25N3O4. The Morgan fingerprint density at radius 2 is 2.19 bits per heavy atom. The standard InChI is InChI=1S/C14H25N3O4/c1-3-11-9-16(2)6-4-7-17(11)13(20)15-14(12(18)19)5-8-21-10-14/h11H,3-10H2,1-2H3,(H,15,20)(H,18,19). The average molecular weight is 299 g/mol. The lowest BCUT2D eigenvalue weighted by molar-refractivity contribution is -0.144. The van der Waals surface area contributed by atoms with Gasteiger partial charge in [-0.15, -0.1) is 0 Å². The molecule has 0 saturated carbocycles. The molecule has 2 saturated heterocycles. The Kier molecular flexibility index (Phi) is 5.05. The van der Waals surface area contributed by atoms with Crippen LogP contribution in [0.5, 0.6) is 0 Å². The number of hydrogen-bond donors (Lipinski definition) is 2. The Bertz CT molecular complexity index is 396. The molecule has 2 N–H and O–H groups in total. The maximum absolute atomic E-state index is 12.6. The van der Waals surface area contributed by atoms with Gasteiger partial charge < -0.3 is 25.0 Å². The number of ether oxygens (including phenoxy) is 1. The van der Waals surface area contributed by atoms with E-state index in [0.29, 0.717) is 19.6 Å². The van der Waals surface area contributed by atoms with Crippen LogP contribution in [0.4, 0.5) is 4.79 Å². The number of carbonyl (C=O) groups excluding carboxylic acids is 1. The molecule has 2 amide bonds. The van der Waals surface area contributed by atoms with Crippen LogP contribution in [0.1, 0.15) is 26.2 Å². The van der Waals surface area contributed by atoms with Gasteiger partial charge in [0.25, 0.3) is 0 Å². The van der Waals surface area contributed by atoms with Crippen LogP contribution in [0.25, 0.3) is 0 Å². The van der Waals surface area contributed by atoms with E-state index >= 15 is 0 Å². The van der Waals surface area contributed by atoms with E-state index in [1.807, 2.05) is 7.05 Å². The van der Waals surface area contributed by atoms with Crippen molar-refractivity contribution in [2.75, 3.05) is 39.9 Å². The highest BCUT2D eigenvalue weighted by Crippen LogP contribution is 2.21. The van der Waals surface area contributed by atoms with Crippen molar-refractivity contribution < 1.29 is 19.4 Å². The van der Waals surface area contributed by atoms with Crippen molar-refractivity contribution in [2.24, 2.45) is 0 Å². The normalized spacial score (nSPS) is 31.0. The van der Waals surface area contributed by atoms with Crippen molar-refractivity contribution in [1.29, 1.82) is 0 Å². The van der Waals surface area contributed by atoms with E-state index in [4.69, 9.17) is 4.74 Å². The zero-order chi connectivity index (χ0) is 15.5. The molecule has 120 valence electrons.